The van der Waals surface area contributed by atoms with Crippen molar-refractivity contribution < 1.29 is 15.0 Å². The first-order chi connectivity index (χ1) is 15.9. The number of hydrogen-bond donors (Lipinski definition) is 3. The van der Waals surface area contributed by atoms with Crippen LogP contribution in [0.15, 0.2) is 108 Å². The molecule has 1 amide bonds. The third-order valence-electron chi connectivity index (χ3n) is 4.80. The third-order valence-corrected chi connectivity index (χ3v) is 4.80. The highest BCUT2D eigenvalue weighted by molar-refractivity contribution is 5.88. The Morgan fingerprint density at radius 2 is 1.64 bits per heavy atom. The summed E-state index contributed by atoms with van der Waals surface area (Å²) >= 11 is 0. The number of rotatable bonds is 5. The van der Waals surface area contributed by atoms with E-state index >= 15 is 0 Å². The molecule has 33 heavy (non-hydrogen) atoms. The highest BCUT2D eigenvalue weighted by atomic mass is 16.3. The molecule has 4 heteroatoms. The zero-order valence-corrected chi connectivity index (χ0v) is 20.1. The van der Waals surface area contributed by atoms with Gasteiger partial charge in [0.2, 0.25) is 5.91 Å². The van der Waals surface area contributed by atoms with Gasteiger partial charge in [0.25, 0.3) is 0 Å². The number of carbonyl (C=O) groups is 1. The second-order valence-corrected chi connectivity index (χ2v) is 8.01. The summed E-state index contributed by atoms with van der Waals surface area (Å²) in [6, 6.07) is -0.00533. The molecular weight excluding hydrogens is 410 g/mol. The van der Waals surface area contributed by atoms with Crippen LogP contribution in [-0.2, 0) is 4.79 Å². The predicted molar refractivity (Wildman–Crippen MR) is 140 cm³/mol. The van der Waals surface area contributed by atoms with Crippen molar-refractivity contribution in [1.82, 2.24) is 5.32 Å². The monoisotopic (exact) mass is 449 g/mol. The van der Waals surface area contributed by atoms with Gasteiger partial charge in [-0.25, -0.2) is 0 Å². The average Bonchev–Trinajstić information content (AvgIpc) is 2.78. The molecule has 0 aromatic heterocycles. The Morgan fingerprint density at radius 1 is 0.939 bits per heavy atom. The molecule has 0 saturated carbocycles. The zero-order valence-electron chi connectivity index (χ0n) is 20.1. The summed E-state index contributed by atoms with van der Waals surface area (Å²) in [6.45, 7) is 5.96. The van der Waals surface area contributed by atoms with Gasteiger partial charge in [0.15, 0.2) is 0 Å². The topological polar surface area (TPSA) is 69.6 Å². The Bertz CT molecular complexity index is 850. The number of aliphatic hydroxyl groups is 2. The number of allylic oxidation sites excluding steroid dienone is 13. The molecule has 4 nitrogen and oxygen atoms in total. The van der Waals surface area contributed by atoms with E-state index in [-0.39, 0.29) is 11.9 Å². The maximum atomic E-state index is 12.4. The van der Waals surface area contributed by atoms with Gasteiger partial charge in [0.1, 0.15) is 12.2 Å². The fraction of sp³-hybridized carbons (Fsp3) is 0.345. The SMILES string of the molecule is CCC/C=C/C=C/CC1C\C=C/C=C(C)/C=C/C=C/[C@H](O)[C@H](O)/C=C(C)/C=C/C=C/C(=O)N1. The van der Waals surface area contributed by atoms with Crippen molar-refractivity contribution >= 4 is 5.91 Å². The minimum absolute atomic E-state index is 0.00533. The molecule has 0 radical (unpaired) electrons. The number of hydrogen-bond acceptors (Lipinski definition) is 3. The average molecular weight is 450 g/mol. The Kier molecular flexibility index (Phi) is 15.0. The van der Waals surface area contributed by atoms with E-state index in [1.165, 1.54) is 6.08 Å². The molecule has 1 heterocycles. The lowest BCUT2D eigenvalue weighted by Crippen LogP contribution is -2.32. The van der Waals surface area contributed by atoms with E-state index in [2.05, 4.69) is 36.5 Å². The van der Waals surface area contributed by atoms with E-state index in [0.717, 1.165) is 36.8 Å². The molecule has 1 unspecified atom stereocenters. The van der Waals surface area contributed by atoms with E-state index in [9.17, 15) is 15.0 Å². The Balaban J connectivity index is 2.99. The molecule has 0 saturated heterocycles. The largest absolute Gasteiger partial charge is 0.386 e. The highest BCUT2D eigenvalue weighted by Crippen LogP contribution is 2.06. The van der Waals surface area contributed by atoms with E-state index in [1.807, 2.05) is 44.2 Å². The van der Waals surface area contributed by atoms with Gasteiger partial charge < -0.3 is 15.5 Å². The van der Waals surface area contributed by atoms with Crippen molar-refractivity contribution in [1.29, 1.82) is 0 Å². The Labute approximate surface area is 199 Å². The van der Waals surface area contributed by atoms with Crippen molar-refractivity contribution in [3.63, 3.8) is 0 Å². The number of amides is 1. The molecule has 1 aliphatic rings. The van der Waals surface area contributed by atoms with Gasteiger partial charge in [-0.2, -0.15) is 0 Å². The molecule has 0 aliphatic carbocycles. The van der Waals surface area contributed by atoms with E-state index in [0.29, 0.717) is 0 Å². The second-order valence-electron chi connectivity index (χ2n) is 8.01. The summed E-state index contributed by atoms with van der Waals surface area (Å²) in [7, 11) is 0. The minimum Gasteiger partial charge on any atom is -0.386 e. The van der Waals surface area contributed by atoms with Crippen molar-refractivity contribution in [2.75, 3.05) is 0 Å². The normalized spacial score (nSPS) is 31.7. The summed E-state index contributed by atoms with van der Waals surface area (Å²) in [4.78, 5) is 12.4. The van der Waals surface area contributed by atoms with Gasteiger partial charge in [0, 0.05) is 12.1 Å². The van der Waals surface area contributed by atoms with Gasteiger partial charge in [-0.05, 0) is 33.1 Å². The zero-order chi connectivity index (χ0) is 24.3. The van der Waals surface area contributed by atoms with Crippen molar-refractivity contribution in [2.45, 2.75) is 64.7 Å². The fourth-order valence-electron chi connectivity index (χ4n) is 2.92. The van der Waals surface area contributed by atoms with Crippen LogP contribution in [0.3, 0.4) is 0 Å². The van der Waals surface area contributed by atoms with Crippen LogP contribution in [0.5, 0.6) is 0 Å². The smallest absolute Gasteiger partial charge is 0.244 e. The first kappa shape index (κ1) is 28.1. The molecule has 0 fully saturated rings. The third kappa shape index (κ3) is 14.7. The first-order valence-electron chi connectivity index (χ1n) is 11.6. The number of carbonyl (C=O) groups excluding carboxylic acids is 1. The number of aliphatic hydroxyl groups excluding tert-OH is 2. The molecule has 1 aliphatic heterocycles. The molecule has 0 bridgehead atoms. The molecule has 0 aromatic rings. The molecule has 178 valence electrons. The second kappa shape index (κ2) is 17.6. The van der Waals surface area contributed by atoms with Crippen LogP contribution in [0.1, 0.15) is 46.5 Å². The Morgan fingerprint density at radius 3 is 2.42 bits per heavy atom. The summed E-state index contributed by atoms with van der Waals surface area (Å²) in [5.41, 5.74) is 1.83. The lowest BCUT2D eigenvalue weighted by molar-refractivity contribution is -0.117. The quantitative estimate of drug-likeness (QED) is 0.480. The molecule has 1 rings (SSSR count). The van der Waals surface area contributed by atoms with E-state index < -0.39 is 12.2 Å². The summed E-state index contributed by atoms with van der Waals surface area (Å²) in [6.07, 6.45) is 31.3. The molecular formula is C29H39NO3. The maximum absolute atomic E-state index is 12.4. The van der Waals surface area contributed by atoms with Gasteiger partial charge in [-0.1, -0.05) is 116 Å². The van der Waals surface area contributed by atoms with Crippen molar-refractivity contribution in [3.05, 3.63) is 108 Å². The number of unbranched alkanes of at least 4 members (excludes halogenated alkanes) is 1. The molecule has 0 aromatic carbocycles. The number of nitrogens with one attached hydrogen (secondary N) is 1. The van der Waals surface area contributed by atoms with Gasteiger partial charge in [0.05, 0.1) is 0 Å². The van der Waals surface area contributed by atoms with Crippen LogP contribution in [0.2, 0.25) is 0 Å². The van der Waals surface area contributed by atoms with Crippen LogP contribution < -0.4 is 5.32 Å². The Hall–Kier alpha value is -2.95. The van der Waals surface area contributed by atoms with Crippen LogP contribution in [0.25, 0.3) is 0 Å². The summed E-state index contributed by atoms with van der Waals surface area (Å²) in [5, 5.41) is 23.2. The highest BCUT2D eigenvalue weighted by Gasteiger charge is 2.09. The summed E-state index contributed by atoms with van der Waals surface area (Å²) < 4.78 is 0. The van der Waals surface area contributed by atoms with Crippen LogP contribution in [0, 0.1) is 0 Å². The molecule has 3 atom stereocenters. The lowest BCUT2D eigenvalue weighted by Gasteiger charge is -2.14. The van der Waals surface area contributed by atoms with Crippen LogP contribution in [-0.4, -0.2) is 34.4 Å². The summed E-state index contributed by atoms with van der Waals surface area (Å²) in [5.74, 6) is -0.153. The van der Waals surface area contributed by atoms with Crippen molar-refractivity contribution in [3.8, 4) is 0 Å². The van der Waals surface area contributed by atoms with Crippen LogP contribution >= 0.6 is 0 Å². The maximum Gasteiger partial charge on any atom is 0.244 e. The van der Waals surface area contributed by atoms with Crippen molar-refractivity contribution in [2.24, 2.45) is 0 Å². The van der Waals surface area contributed by atoms with Gasteiger partial charge in [-0.15, -0.1) is 0 Å². The van der Waals surface area contributed by atoms with Crippen LogP contribution in [0.4, 0.5) is 0 Å². The first-order valence-corrected chi connectivity index (χ1v) is 11.6. The van der Waals surface area contributed by atoms with E-state index in [1.54, 1.807) is 36.5 Å². The predicted octanol–water partition coefficient (Wildman–Crippen LogP) is 5.57. The molecule has 0 spiro atoms. The van der Waals surface area contributed by atoms with E-state index in [4.69, 9.17) is 0 Å². The van der Waals surface area contributed by atoms with Gasteiger partial charge >= 0.3 is 0 Å². The standard InChI is InChI=1S/C29H39NO3/c1-4-5-6-7-8-9-19-26-20-13-10-16-24(2)17-11-14-21-27(31)28(32)23-25(3)18-12-15-22-29(33)30-26/h6-18,21-23,26-28,31-32H,4-5,19-20H2,1-3H3,(H,30,33)/b7-6+,9-8+,13-10-,17-11+,18-12+,21-14+,22-15+,24-16+,25-23+/t26?,27-,28+/m0/s1. The minimum atomic E-state index is -1.01. The van der Waals surface area contributed by atoms with Gasteiger partial charge in [-0.3, -0.25) is 4.79 Å². The lowest BCUT2D eigenvalue weighted by atomic mass is 10.1. The molecule has 3 N–H and O–H groups in total. The fourth-order valence-corrected chi connectivity index (χ4v) is 2.92.